The molecule has 2 unspecified atom stereocenters. The summed E-state index contributed by atoms with van der Waals surface area (Å²) in [4.78, 5) is 25.0. The summed E-state index contributed by atoms with van der Waals surface area (Å²) in [6.45, 7) is 4.33. The molecule has 2 atom stereocenters. The molecule has 2 aromatic rings. The molecule has 0 heterocycles. The van der Waals surface area contributed by atoms with E-state index in [1.165, 1.54) is 0 Å². The first-order valence-electron chi connectivity index (χ1n) is 11.4. The lowest BCUT2D eigenvalue weighted by Gasteiger charge is -2.27. The molecule has 2 aromatic carbocycles. The van der Waals surface area contributed by atoms with Gasteiger partial charge in [0.15, 0.2) is 0 Å². The zero-order valence-corrected chi connectivity index (χ0v) is 18.9. The Kier molecular flexibility index (Phi) is 8.42. The molecule has 0 aliphatic heterocycles. The molecular formula is C26H34N2O4. The van der Waals surface area contributed by atoms with Crippen LogP contribution in [0.3, 0.4) is 0 Å². The second kappa shape index (κ2) is 11.2. The second-order valence-corrected chi connectivity index (χ2v) is 8.89. The van der Waals surface area contributed by atoms with Crippen LogP contribution >= 0.6 is 0 Å². The summed E-state index contributed by atoms with van der Waals surface area (Å²) < 4.78 is 0. The molecule has 0 saturated heterocycles. The maximum Gasteiger partial charge on any atom is 0.223 e. The van der Waals surface area contributed by atoms with Crippen molar-refractivity contribution in [3.05, 3.63) is 70.8 Å². The van der Waals surface area contributed by atoms with E-state index in [0.29, 0.717) is 25.7 Å². The van der Waals surface area contributed by atoms with E-state index in [0.717, 1.165) is 22.3 Å². The molecule has 0 bridgehead atoms. The quantitative estimate of drug-likeness (QED) is 0.509. The predicted molar refractivity (Wildman–Crippen MR) is 124 cm³/mol. The summed E-state index contributed by atoms with van der Waals surface area (Å²) in [5.41, 5.74) is 3.80. The Morgan fingerprint density at radius 1 is 0.719 bits per heavy atom. The lowest BCUT2D eigenvalue weighted by Crippen LogP contribution is -2.39. The number of aliphatic hydroxyl groups is 2. The van der Waals surface area contributed by atoms with Gasteiger partial charge in [-0.15, -0.1) is 0 Å². The van der Waals surface area contributed by atoms with Crippen LogP contribution in [0.4, 0.5) is 0 Å². The molecule has 172 valence electrons. The fraction of sp³-hybridized carbons (Fsp3) is 0.462. The van der Waals surface area contributed by atoms with Crippen molar-refractivity contribution < 1.29 is 19.8 Å². The average molecular weight is 439 g/mol. The van der Waals surface area contributed by atoms with Gasteiger partial charge in [-0.1, -0.05) is 59.7 Å². The Labute approximate surface area is 190 Å². The summed E-state index contributed by atoms with van der Waals surface area (Å²) in [7, 11) is 0. The molecule has 2 amide bonds. The van der Waals surface area contributed by atoms with Crippen LogP contribution in [0.15, 0.2) is 48.5 Å². The van der Waals surface area contributed by atoms with E-state index in [1.54, 1.807) is 0 Å². The minimum absolute atomic E-state index is 0.0650. The first-order valence-corrected chi connectivity index (χ1v) is 11.4. The number of aliphatic hydroxyl groups excluding tert-OH is 2. The van der Waals surface area contributed by atoms with Gasteiger partial charge in [0.25, 0.3) is 0 Å². The van der Waals surface area contributed by atoms with Crippen molar-refractivity contribution in [3.8, 4) is 0 Å². The summed E-state index contributed by atoms with van der Waals surface area (Å²) >= 11 is 0. The third-order valence-corrected chi connectivity index (χ3v) is 6.33. The van der Waals surface area contributed by atoms with Crippen molar-refractivity contribution in [1.29, 1.82) is 0 Å². The largest absolute Gasteiger partial charge is 0.387 e. The van der Waals surface area contributed by atoms with E-state index in [1.807, 2.05) is 62.4 Å². The zero-order chi connectivity index (χ0) is 23.1. The number of amides is 2. The van der Waals surface area contributed by atoms with Crippen LogP contribution in [0.5, 0.6) is 0 Å². The van der Waals surface area contributed by atoms with Crippen molar-refractivity contribution in [2.45, 2.75) is 51.7 Å². The van der Waals surface area contributed by atoms with Gasteiger partial charge in [0.2, 0.25) is 11.8 Å². The van der Waals surface area contributed by atoms with Gasteiger partial charge < -0.3 is 20.8 Å². The smallest absolute Gasteiger partial charge is 0.223 e. The first kappa shape index (κ1) is 24.0. The van der Waals surface area contributed by atoms with Gasteiger partial charge in [-0.25, -0.2) is 0 Å². The number of carbonyl (C=O) groups is 2. The molecule has 6 heteroatoms. The third-order valence-electron chi connectivity index (χ3n) is 6.33. The van der Waals surface area contributed by atoms with E-state index in [9.17, 15) is 19.8 Å². The number of hydrogen-bond acceptors (Lipinski definition) is 4. The molecule has 3 rings (SSSR count). The molecule has 0 aromatic heterocycles. The molecule has 1 saturated carbocycles. The van der Waals surface area contributed by atoms with Gasteiger partial charge in [0.05, 0.1) is 12.2 Å². The normalized spacial score (nSPS) is 20.2. The van der Waals surface area contributed by atoms with Gasteiger partial charge >= 0.3 is 0 Å². The SMILES string of the molecule is Cc1ccc(C(O)CNC(=O)C2CCC(C(=O)NCC(O)c3ccc(C)cc3)CC2)cc1. The van der Waals surface area contributed by atoms with Crippen molar-refractivity contribution in [2.75, 3.05) is 13.1 Å². The van der Waals surface area contributed by atoms with Gasteiger partial charge in [-0.2, -0.15) is 0 Å². The highest BCUT2D eigenvalue weighted by atomic mass is 16.3. The number of carbonyl (C=O) groups excluding carboxylic acids is 2. The minimum atomic E-state index is -0.735. The van der Waals surface area contributed by atoms with Crippen molar-refractivity contribution in [3.63, 3.8) is 0 Å². The standard InChI is InChI=1S/C26H34N2O4/c1-17-3-7-19(8-4-17)23(29)15-27-25(31)21-11-13-22(14-12-21)26(32)28-16-24(30)20-9-5-18(2)6-10-20/h3-10,21-24,29-30H,11-16H2,1-2H3,(H,27,31)(H,28,32). The Bertz CT molecular complexity index is 812. The average Bonchev–Trinajstić information content (AvgIpc) is 2.81. The third kappa shape index (κ3) is 6.65. The molecule has 1 aliphatic carbocycles. The van der Waals surface area contributed by atoms with Crippen LogP contribution in [-0.4, -0.2) is 35.1 Å². The highest BCUT2D eigenvalue weighted by molar-refractivity contribution is 5.81. The Balaban J connectivity index is 1.38. The van der Waals surface area contributed by atoms with Crippen molar-refractivity contribution in [1.82, 2.24) is 10.6 Å². The van der Waals surface area contributed by atoms with Crippen LogP contribution in [0.2, 0.25) is 0 Å². The van der Waals surface area contributed by atoms with E-state index in [-0.39, 0.29) is 36.7 Å². The van der Waals surface area contributed by atoms with Gasteiger partial charge in [0.1, 0.15) is 0 Å². The van der Waals surface area contributed by atoms with Crippen LogP contribution < -0.4 is 10.6 Å². The summed E-state index contributed by atoms with van der Waals surface area (Å²) in [5.74, 6) is -0.403. The molecular weight excluding hydrogens is 404 g/mol. The number of rotatable bonds is 8. The molecule has 1 aliphatic rings. The maximum atomic E-state index is 12.5. The molecule has 4 N–H and O–H groups in total. The van der Waals surface area contributed by atoms with Crippen LogP contribution in [-0.2, 0) is 9.59 Å². The van der Waals surface area contributed by atoms with Gasteiger partial charge in [0, 0.05) is 24.9 Å². The fourth-order valence-corrected chi connectivity index (χ4v) is 4.11. The lowest BCUT2D eigenvalue weighted by atomic mass is 9.81. The Morgan fingerprint density at radius 2 is 1.03 bits per heavy atom. The summed E-state index contributed by atoms with van der Waals surface area (Å²) in [6, 6.07) is 15.2. The number of benzene rings is 2. The van der Waals surface area contributed by atoms with Crippen LogP contribution in [0.25, 0.3) is 0 Å². The van der Waals surface area contributed by atoms with Gasteiger partial charge in [-0.3, -0.25) is 9.59 Å². The van der Waals surface area contributed by atoms with Gasteiger partial charge in [-0.05, 0) is 50.7 Å². The van der Waals surface area contributed by atoms with E-state index in [2.05, 4.69) is 10.6 Å². The Morgan fingerprint density at radius 3 is 1.34 bits per heavy atom. The van der Waals surface area contributed by atoms with Crippen LogP contribution in [0, 0.1) is 25.7 Å². The topological polar surface area (TPSA) is 98.7 Å². The zero-order valence-electron chi connectivity index (χ0n) is 18.9. The predicted octanol–water partition coefficient (Wildman–Crippen LogP) is 3.11. The molecule has 0 radical (unpaired) electrons. The first-order chi connectivity index (χ1) is 15.3. The highest BCUT2D eigenvalue weighted by Crippen LogP contribution is 2.29. The second-order valence-electron chi connectivity index (χ2n) is 8.89. The van der Waals surface area contributed by atoms with Crippen molar-refractivity contribution >= 4 is 11.8 Å². The van der Waals surface area contributed by atoms with E-state index < -0.39 is 12.2 Å². The molecule has 1 fully saturated rings. The fourth-order valence-electron chi connectivity index (χ4n) is 4.11. The monoisotopic (exact) mass is 438 g/mol. The minimum Gasteiger partial charge on any atom is -0.387 e. The summed E-state index contributed by atoms with van der Waals surface area (Å²) in [6.07, 6.45) is 1.11. The lowest BCUT2D eigenvalue weighted by molar-refractivity contribution is -0.131. The van der Waals surface area contributed by atoms with E-state index >= 15 is 0 Å². The van der Waals surface area contributed by atoms with E-state index in [4.69, 9.17) is 0 Å². The molecule has 32 heavy (non-hydrogen) atoms. The van der Waals surface area contributed by atoms with Crippen LogP contribution in [0.1, 0.15) is 60.1 Å². The number of aryl methyl sites for hydroxylation is 2. The number of hydrogen-bond donors (Lipinski definition) is 4. The molecule has 0 spiro atoms. The highest BCUT2D eigenvalue weighted by Gasteiger charge is 2.30. The maximum absolute atomic E-state index is 12.5. The Hall–Kier alpha value is -2.70. The number of nitrogens with one attached hydrogen (secondary N) is 2. The summed E-state index contributed by atoms with van der Waals surface area (Å²) in [5, 5.41) is 26.3. The molecule has 6 nitrogen and oxygen atoms in total. The van der Waals surface area contributed by atoms with Crippen molar-refractivity contribution in [2.24, 2.45) is 11.8 Å².